The highest BCUT2D eigenvalue weighted by Gasteiger charge is 2.67. The molecule has 120 valence electrons. The van der Waals surface area contributed by atoms with Crippen LogP contribution in [0.3, 0.4) is 0 Å². The van der Waals surface area contributed by atoms with Crippen LogP contribution < -0.4 is 0 Å². The summed E-state index contributed by atoms with van der Waals surface area (Å²) in [7, 11) is 0. The zero-order valence-corrected chi connectivity index (χ0v) is 13.6. The summed E-state index contributed by atoms with van der Waals surface area (Å²) >= 11 is 0. The first-order valence-corrected chi connectivity index (χ1v) is 8.65. The minimum Gasteiger partial charge on any atom is -0.346 e. The first kappa shape index (κ1) is 14.4. The summed E-state index contributed by atoms with van der Waals surface area (Å²) in [5, 5.41) is 0. The molecule has 0 aromatic rings. The van der Waals surface area contributed by atoms with Gasteiger partial charge < -0.3 is 9.47 Å². The smallest absolute Gasteiger partial charge is 0.201 e. The number of hydrogen-bond acceptors (Lipinski definition) is 4. The van der Waals surface area contributed by atoms with Crippen molar-refractivity contribution in [2.45, 2.75) is 83.6 Å². The topological polar surface area (TPSA) is 36.9 Å². The minimum absolute atomic E-state index is 0.212. The zero-order valence-electron chi connectivity index (χ0n) is 13.6. The van der Waals surface area contributed by atoms with E-state index in [9.17, 15) is 0 Å². The lowest BCUT2D eigenvalue weighted by atomic mass is 9.57. The summed E-state index contributed by atoms with van der Waals surface area (Å²) < 4.78 is 12.6. The maximum Gasteiger partial charge on any atom is 0.201 e. The predicted octanol–water partition coefficient (Wildman–Crippen LogP) is 3.65. The van der Waals surface area contributed by atoms with Crippen LogP contribution in [0.2, 0.25) is 0 Å². The van der Waals surface area contributed by atoms with Crippen molar-refractivity contribution in [3.8, 4) is 0 Å². The predicted molar refractivity (Wildman–Crippen MR) is 77.1 cm³/mol. The maximum absolute atomic E-state index is 6.29. The Bertz CT molecular complexity index is 427. The van der Waals surface area contributed by atoms with E-state index >= 15 is 0 Å². The lowest BCUT2D eigenvalue weighted by Gasteiger charge is -2.63. The summed E-state index contributed by atoms with van der Waals surface area (Å²) in [4.78, 5) is 11.9. The second kappa shape index (κ2) is 4.67. The average Bonchev–Trinajstić information content (AvgIpc) is 2.41. The van der Waals surface area contributed by atoms with Crippen molar-refractivity contribution >= 4 is 0 Å². The molecule has 1 unspecified atom stereocenters. The van der Waals surface area contributed by atoms with Crippen LogP contribution in [0.4, 0.5) is 0 Å². The van der Waals surface area contributed by atoms with Crippen molar-refractivity contribution in [2.75, 3.05) is 0 Å². The first-order valence-electron chi connectivity index (χ1n) is 8.65. The Kier molecular flexibility index (Phi) is 3.21. The molecule has 4 saturated heterocycles. The fourth-order valence-electron chi connectivity index (χ4n) is 5.24. The van der Waals surface area contributed by atoms with Crippen molar-refractivity contribution in [2.24, 2.45) is 23.7 Å². The molecule has 2 bridgehead atoms. The summed E-state index contributed by atoms with van der Waals surface area (Å²) in [5.74, 6) is 1.52. The van der Waals surface area contributed by atoms with Crippen molar-refractivity contribution < 1.29 is 19.2 Å². The number of hydrogen-bond donors (Lipinski definition) is 0. The molecule has 1 aliphatic carbocycles. The van der Waals surface area contributed by atoms with Gasteiger partial charge in [-0.1, -0.05) is 13.8 Å². The molecule has 4 heterocycles. The van der Waals surface area contributed by atoms with Gasteiger partial charge in [0.25, 0.3) is 0 Å². The van der Waals surface area contributed by atoms with Gasteiger partial charge >= 0.3 is 0 Å². The van der Waals surface area contributed by atoms with Crippen LogP contribution in [0, 0.1) is 23.7 Å². The second-order valence-corrected chi connectivity index (χ2v) is 8.08. The monoisotopic (exact) mass is 296 g/mol. The molecule has 5 fully saturated rings. The fourth-order valence-corrected chi connectivity index (χ4v) is 5.24. The van der Waals surface area contributed by atoms with Gasteiger partial charge in [0.2, 0.25) is 5.79 Å². The molecule has 4 heteroatoms. The van der Waals surface area contributed by atoms with Crippen LogP contribution in [0.1, 0.15) is 59.8 Å². The van der Waals surface area contributed by atoms with Crippen molar-refractivity contribution in [1.82, 2.24) is 0 Å². The average molecular weight is 296 g/mol. The Morgan fingerprint density at radius 2 is 1.86 bits per heavy atom. The van der Waals surface area contributed by atoms with Crippen molar-refractivity contribution in [3.63, 3.8) is 0 Å². The van der Waals surface area contributed by atoms with E-state index in [1.54, 1.807) is 0 Å². The Labute approximate surface area is 127 Å². The van der Waals surface area contributed by atoms with E-state index < -0.39 is 11.4 Å². The molecule has 0 amide bonds. The third-order valence-electron chi connectivity index (χ3n) is 6.54. The molecule has 0 aromatic heterocycles. The highest BCUT2D eigenvalue weighted by atomic mass is 17.3. The molecule has 8 atom stereocenters. The van der Waals surface area contributed by atoms with Gasteiger partial charge in [0.1, 0.15) is 0 Å². The van der Waals surface area contributed by atoms with E-state index in [4.69, 9.17) is 19.2 Å². The summed E-state index contributed by atoms with van der Waals surface area (Å²) in [5.41, 5.74) is -0.391. The quantitative estimate of drug-likeness (QED) is 0.639. The summed E-state index contributed by atoms with van der Waals surface area (Å²) in [6.07, 6.45) is 5.54. The van der Waals surface area contributed by atoms with Crippen LogP contribution in [0.5, 0.6) is 0 Å². The van der Waals surface area contributed by atoms with Crippen molar-refractivity contribution in [1.29, 1.82) is 0 Å². The van der Waals surface area contributed by atoms with Gasteiger partial charge in [0, 0.05) is 12.3 Å². The van der Waals surface area contributed by atoms with Crippen LogP contribution in [-0.4, -0.2) is 23.8 Å². The van der Waals surface area contributed by atoms with Crippen molar-refractivity contribution in [3.05, 3.63) is 0 Å². The lowest BCUT2D eigenvalue weighted by Crippen LogP contribution is -2.72. The normalized spacial score (nSPS) is 60.0. The molecule has 1 spiro atoms. The standard InChI is InChI=1S/C17H28O4/c1-10-8-13-6-5-7-16(4)19-15-17(13,21-20-16)14(9-10)11(2)12(3)18-15/h10-15H,5-9H2,1-4H3/t10-,11-,12+,13-,14-,15+,16?,17+/m0/s1. The highest BCUT2D eigenvalue weighted by molar-refractivity contribution is 5.08. The lowest BCUT2D eigenvalue weighted by molar-refractivity contribution is -0.584. The van der Waals surface area contributed by atoms with Crippen LogP contribution in [-0.2, 0) is 19.2 Å². The second-order valence-electron chi connectivity index (χ2n) is 8.08. The molecule has 4 aliphatic heterocycles. The molecular formula is C17H28O4. The number of ether oxygens (including phenoxy) is 2. The van der Waals surface area contributed by atoms with E-state index in [0.29, 0.717) is 17.8 Å². The van der Waals surface area contributed by atoms with Gasteiger partial charge in [0.05, 0.1) is 6.10 Å². The van der Waals surface area contributed by atoms with Crippen LogP contribution in [0.25, 0.3) is 0 Å². The molecule has 0 radical (unpaired) electrons. The van der Waals surface area contributed by atoms with E-state index in [2.05, 4.69) is 20.8 Å². The third kappa shape index (κ3) is 1.95. The van der Waals surface area contributed by atoms with Gasteiger partial charge in [-0.3, -0.25) is 0 Å². The largest absolute Gasteiger partial charge is 0.346 e. The van der Waals surface area contributed by atoms with Gasteiger partial charge in [-0.15, -0.1) is 0 Å². The van der Waals surface area contributed by atoms with E-state index in [-0.39, 0.29) is 12.4 Å². The van der Waals surface area contributed by atoms with E-state index in [0.717, 1.165) is 18.8 Å². The van der Waals surface area contributed by atoms with Gasteiger partial charge in [-0.05, 0) is 57.3 Å². The van der Waals surface area contributed by atoms with E-state index in [1.807, 2.05) is 6.92 Å². The molecule has 5 aliphatic rings. The third-order valence-corrected chi connectivity index (χ3v) is 6.54. The molecule has 4 nitrogen and oxygen atoms in total. The first-order chi connectivity index (χ1) is 9.94. The molecule has 1 saturated carbocycles. The summed E-state index contributed by atoms with van der Waals surface area (Å²) in [6, 6.07) is 0. The molecule has 0 N–H and O–H groups in total. The molecular weight excluding hydrogens is 268 g/mol. The highest BCUT2D eigenvalue weighted by Crippen LogP contribution is 2.58. The molecule has 0 aromatic carbocycles. The van der Waals surface area contributed by atoms with Crippen LogP contribution >= 0.6 is 0 Å². The van der Waals surface area contributed by atoms with Gasteiger partial charge in [0.15, 0.2) is 11.9 Å². The SMILES string of the molecule is C[C@H]1C[C@@H]2CCCC3(C)OO[C@]24[C@H](O[C@H](C)[C@H](C)[C@@H]4C1)O3. The van der Waals surface area contributed by atoms with Gasteiger partial charge in [-0.2, -0.15) is 0 Å². The Morgan fingerprint density at radius 3 is 2.67 bits per heavy atom. The van der Waals surface area contributed by atoms with E-state index in [1.165, 1.54) is 19.3 Å². The minimum atomic E-state index is -0.644. The Balaban J connectivity index is 1.78. The summed E-state index contributed by atoms with van der Waals surface area (Å²) in [6.45, 7) is 8.82. The zero-order chi connectivity index (χ0) is 14.8. The van der Waals surface area contributed by atoms with Crippen LogP contribution in [0.15, 0.2) is 0 Å². The number of fused-ring (bicyclic) bond motifs is 3. The molecule has 21 heavy (non-hydrogen) atoms. The fraction of sp³-hybridized carbons (Fsp3) is 1.00. The number of rotatable bonds is 0. The Hall–Kier alpha value is -0.160. The van der Waals surface area contributed by atoms with Gasteiger partial charge in [-0.25, -0.2) is 9.78 Å². The Morgan fingerprint density at radius 1 is 1.05 bits per heavy atom. The maximum atomic E-state index is 6.29. The molecule has 5 rings (SSSR count).